The number of aliphatic hydroxyl groups is 1. The number of nitrogens with one attached hydrogen (secondary N) is 6. The minimum Gasteiger partial charge on any atom is -0.496 e. The highest BCUT2D eigenvalue weighted by Gasteiger charge is 2.27. The van der Waals surface area contributed by atoms with Gasteiger partial charge in [-0.15, -0.1) is 0 Å². The Balaban J connectivity index is 0.000000137. The van der Waals surface area contributed by atoms with E-state index in [0.29, 0.717) is 121 Å². The van der Waals surface area contributed by atoms with Crippen molar-refractivity contribution in [3.05, 3.63) is 109 Å². The second-order valence-corrected chi connectivity index (χ2v) is 22.1. The second-order valence-electron chi connectivity index (χ2n) is 22.1. The molecule has 7 amide bonds. The second kappa shape index (κ2) is 30.2. The standard InChI is InChI=1S/C17H18N2O5.C16H18N4O4.C16H17N3O5.C16H15N3O3/c1-23-15-7-12-10(6-13(15)14(21)8-20)4-5-18-17(12)24-9-11-2-3-16(22)19-11;1-18-12-7-11-9(6-13(12)24-16(17)22)4-5-19-15(11)23-8-10-2-3-14(21)20-10;1-22-12-7-11-9(6-13(12)24-16(17)21)4-5-18-15(11)23-8-10-2-3-14(20)19-10;20-14-2-1-11(18-14)8-22-16-12-5-10-7-15(21)19-13(10)6-9(12)3-4-17-16/h4-7,11,20H,2-3,8-9H2,1H3,(H,19,22);4-7,10,18H,2-3,8H2,1H3,(H2,17,22)(H,20,21);4-7,10H,2-3,8H2,1H3,(H2,17,21)(H,19,20);3-6,11H,1-2,7-8H2,(H,18,20)(H,19,21). The molecule has 4 aromatic carbocycles. The Morgan fingerprint density at radius 3 is 1.28 bits per heavy atom. The monoisotopic (exact) mass is 1290 g/mol. The van der Waals surface area contributed by atoms with Gasteiger partial charge in [0, 0.05) is 84.8 Å². The van der Waals surface area contributed by atoms with Crippen LogP contribution in [0.2, 0.25) is 0 Å². The molecule has 8 aromatic rings. The zero-order valence-corrected chi connectivity index (χ0v) is 51.4. The van der Waals surface area contributed by atoms with Crippen LogP contribution in [-0.4, -0.2) is 151 Å². The molecule has 29 heteroatoms. The maximum Gasteiger partial charge on any atom is 0.410 e. The molecule has 0 bridgehead atoms. The highest BCUT2D eigenvalue weighted by Crippen LogP contribution is 2.38. The van der Waals surface area contributed by atoms with Crippen molar-refractivity contribution < 1.29 is 81.4 Å². The first-order valence-electron chi connectivity index (χ1n) is 30.0. The van der Waals surface area contributed by atoms with E-state index in [2.05, 4.69) is 51.8 Å². The van der Waals surface area contributed by atoms with Crippen LogP contribution in [0.1, 0.15) is 67.3 Å². The number of hydrogen-bond donors (Lipinski definition) is 9. The van der Waals surface area contributed by atoms with E-state index >= 15 is 0 Å². The summed E-state index contributed by atoms with van der Waals surface area (Å²) in [5.41, 5.74) is 12.9. The molecule has 29 nitrogen and oxygen atoms in total. The molecule has 5 aliphatic heterocycles. The minimum atomic E-state index is -0.921. The number of hydrogen-bond acceptors (Lipinski definition) is 22. The lowest BCUT2D eigenvalue weighted by atomic mass is 10.0. The van der Waals surface area contributed by atoms with Crippen molar-refractivity contribution in [2.24, 2.45) is 11.5 Å². The van der Waals surface area contributed by atoms with Crippen molar-refractivity contribution in [2.45, 2.75) is 82.0 Å². The minimum absolute atomic E-state index is 0.00389. The summed E-state index contributed by atoms with van der Waals surface area (Å²) in [5, 5.41) is 32.6. The highest BCUT2D eigenvalue weighted by atomic mass is 16.6. The van der Waals surface area contributed by atoms with Gasteiger partial charge in [0.2, 0.25) is 53.1 Å². The normalized spacial score (nSPS) is 17.5. The molecule has 94 heavy (non-hydrogen) atoms. The van der Waals surface area contributed by atoms with Crippen molar-refractivity contribution in [1.82, 2.24) is 41.2 Å². The number of anilines is 2. The molecular weight excluding hydrogens is 1220 g/mol. The van der Waals surface area contributed by atoms with E-state index in [0.717, 1.165) is 69.3 Å². The lowest BCUT2D eigenvalue weighted by Crippen LogP contribution is -2.31. The highest BCUT2D eigenvalue weighted by molar-refractivity contribution is 6.05. The van der Waals surface area contributed by atoms with Gasteiger partial charge in [-0.25, -0.2) is 29.5 Å². The molecule has 0 spiro atoms. The van der Waals surface area contributed by atoms with Crippen LogP contribution in [0, 0.1) is 0 Å². The molecule has 4 unspecified atom stereocenters. The third kappa shape index (κ3) is 16.4. The summed E-state index contributed by atoms with van der Waals surface area (Å²) in [6.07, 6.45) is 10.2. The van der Waals surface area contributed by atoms with Gasteiger partial charge >= 0.3 is 12.2 Å². The fourth-order valence-corrected chi connectivity index (χ4v) is 11.0. The summed E-state index contributed by atoms with van der Waals surface area (Å²) in [6, 6.07) is 21.2. The smallest absolute Gasteiger partial charge is 0.410 e. The molecule has 0 saturated carbocycles. The number of ether oxygens (including phenoxy) is 8. The van der Waals surface area contributed by atoms with Crippen LogP contribution in [0.3, 0.4) is 0 Å². The van der Waals surface area contributed by atoms with E-state index in [1.54, 1.807) is 86.4 Å². The molecule has 4 saturated heterocycles. The summed E-state index contributed by atoms with van der Waals surface area (Å²) in [6.45, 7) is 0.841. The van der Waals surface area contributed by atoms with E-state index in [4.69, 9.17) is 54.5 Å². The molecule has 4 aromatic heterocycles. The van der Waals surface area contributed by atoms with Crippen LogP contribution in [0.5, 0.6) is 46.5 Å². The topological polar surface area (TPSA) is 406 Å². The molecule has 9 heterocycles. The SMILES string of the molecule is CNc1cc2c(OCC3CCC(=O)N3)nccc2cc1OC(N)=O.COc1cc2c(OCC3CCC(=O)N3)nccc2cc1C(=O)CO.COc1cc2c(OCC3CCC(=O)N3)nccc2cc1OC(N)=O.O=C1Cc2cc3c(OCC4CCC(=O)N4)nccc3cc2N1. The van der Waals surface area contributed by atoms with Gasteiger partial charge in [0.05, 0.1) is 56.1 Å². The molecule has 0 aliphatic carbocycles. The van der Waals surface area contributed by atoms with Crippen LogP contribution >= 0.6 is 0 Å². The average Bonchev–Trinajstić information content (AvgIpc) is 1.21. The van der Waals surface area contributed by atoms with Crippen molar-refractivity contribution in [1.29, 1.82) is 0 Å². The number of carbonyl (C=O) groups is 8. The Labute approximate surface area is 536 Å². The van der Waals surface area contributed by atoms with Crippen LogP contribution in [0.15, 0.2) is 97.6 Å². The number of primary amides is 2. The first-order valence-corrected chi connectivity index (χ1v) is 30.0. The fraction of sp³-hybridized carbons (Fsp3) is 0.323. The van der Waals surface area contributed by atoms with Gasteiger partial charge in [0.1, 0.15) is 38.8 Å². The van der Waals surface area contributed by atoms with Crippen LogP contribution in [-0.2, 0) is 30.4 Å². The molecular formula is C65H68N12O17. The summed E-state index contributed by atoms with van der Waals surface area (Å²) in [7, 11) is 4.63. The lowest BCUT2D eigenvalue weighted by molar-refractivity contribution is -0.120. The number of Topliss-reactive ketones (excluding diaryl/α,β-unsaturated/α-hetero) is 1. The largest absolute Gasteiger partial charge is 0.496 e. The van der Waals surface area contributed by atoms with E-state index in [1.165, 1.54) is 14.2 Å². The van der Waals surface area contributed by atoms with E-state index < -0.39 is 24.6 Å². The Morgan fingerprint density at radius 2 is 0.883 bits per heavy atom. The predicted octanol–water partition coefficient (Wildman–Crippen LogP) is 5.21. The molecule has 0 radical (unpaired) electrons. The van der Waals surface area contributed by atoms with Crippen LogP contribution in [0.25, 0.3) is 43.1 Å². The van der Waals surface area contributed by atoms with Crippen molar-refractivity contribution >= 4 is 102 Å². The number of aliphatic hydroxyl groups excluding tert-OH is 1. The summed E-state index contributed by atoms with van der Waals surface area (Å²) in [4.78, 5) is 107. The van der Waals surface area contributed by atoms with Crippen molar-refractivity contribution in [2.75, 3.05) is 64.9 Å². The molecule has 11 N–H and O–H groups in total. The van der Waals surface area contributed by atoms with Gasteiger partial charge in [0.25, 0.3) is 0 Å². The Kier molecular flexibility index (Phi) is 21.1. The molecule has 4 atom stereocenters. The summed E-state index contributed by atoms with van der Waals surface area (Å²) >= 11 is 0. The zero-order chi connectivity index (χ0) is 66.4. The van der Waals surface area contributed by atoms with Gasteiger partial charge in [0.15, 0.2) is 23.0 Å². The molecule has 4 fully saturated rings. The summed E-state index contributed by atoms with van der Waals surface area (Å²) in [5.74, 6) is 2.84. The number of benzene rings is 4. The number of nitrogens with zero attached hydrogens (tertiary/aromatic N) is 4. The maximum absolute atomic E-state index is 11.8. The van der Waals surface area contributed by atoms with Crippen molar-refractivity contribution in [3.63, 3.8) is 0 Å². The molecule has 5 aliphatic rings. The van der Waals surface area contributed by atoms with Crippen molar-refractivity contribution in [3.8, 4) is 46.5 Å². The number of nitrogens with two attached hydrogens (primary N) is 2. The molecule has 13 rings (SSSR count). The van der Waals surface area contributed by atoms with Gasteiger partial charge < -0.3 is 86.4 Å². The average molecular weight is 1290 g/mol. The third-order valence-corrected chi connectivity index (χ3v) is 15.6. The van der Waals surface area contributed by atoms with Crippen LogP contribution < -0.4 is 81.3 Å². The Bertz CT molecular complexity index is 4100. The Hall–Kier alpha value is -11.4. The number of ketones is 1. The molecule has 490 valence electrons. The number of methoxy groups -OCH3 is 2. The summed E-state index contributed by atoms with van der Waals surface area (Å²) < 4.78 is 43.5. The fourth-order valence-electron chi connectivity index (χ4n) is 11.0. The quantitative estimate of drug-likeness (QED) is 0.0469. The first kappa shape index (κ1) is 65.6. The van der Waals surface area contributed by atoms with Gasteiger partial charge in [-0.1, -0.05) is 0 Å². The zero-order valence-electron chi connectivity index (χ0n) is 51.4. The van der Waals surface area contributed by atoms with Crippen LogP contribution in [0.4, 0.5) is 21.0 Å². The number of amides is 7. The van der Waals surface area contributed by atoms with E-state index in [9.17, 15) is 38.4 Å². The van der Waals surface area contributed by atoms with Gasteiger partial charge in [-0.3, -0.25) is 28.8 Å². The predicted molar refractivity (Wildman–Crippen MR) is 340 cm³/mol. The third-order valence-electron chi connectivity index (χ3n) is 15.6. The van der Waals surface area contributed by atoms with Gasteiger partial charge in [-0.05, 0) is 126 Å². The Morgan fingerprint density at radius 1 is 0.500 bits per heavy atom. The number of fused-ring (bicyclic) bond motifs is 5. The lowest BCUT2D eigenvalue weighted by Gasteiger charge is -2.14. The number of aromatic nitrogens is 4. The first-order chi connectivity index (χ1) is 45.4. The van der Waals surface area contributed by atoms with E-state index in [-0.39, 0.29) is 59.5 Å². The number of rotatable bonds is 19. The number of carbonyl (C=O) groups excluding carboxylic acids is 8. The van der Waals surface area contributed by atoms with Gasteiger partial charge in [-0.2, -0.15) is 0 Å². The van der Waals surface area contributed by atoms with E-state index in [1.807, 2.05) is 18.2 Å². The maximum atomic E-state index is 11.8. The number of pyridine rings is 4.